The Balaban J connectivity index is 2.48. The number of hydrogen-bond acceptors (Lipinski definition) is 2. The van der Waals surface area contributed by atoms with Crippen molar-refractivity contribution in [3.05, 3.63) is 0 Å². The first kappa shape index (κ1) is 14.4. The molecule has 0 aromatic heterocycles. The maximum Gasteiger partial charge on any atom is 0.0121 e. The SMILES string of the molecule is CC(C)CC(NC1CCSCC1)C(C)(C)C. The van der Waals surface area contributed by atoms with Crippen LogP contribution in [0.15, 0.2) is 0 Å². The third kappa shape index (κ3) is 5.09. The fourth-order valence-corrected chi connectivity index (χ4v) is 3.40. The molecule has 0 aromatic rings. The summed E-state index contributed by atoms with van der Waals surface area (Å²) in [5, 5.41) is 3.91. The van der Waals surface area contributed by atoms with Crippen molar-refractivity contribution in [1.82, 2.24) is 5.32 Å². The van der Waals surface area contributed by atoms with E-state index in [1.165, 1.54) is 30.8 Å². The highest BCUT2D eigenvalue weighted by atomic mass is 32.2. The van der Waals surface area contributed by atoms with Crippen molar-refractivity contribution in [1.29, 1.82) is 0 Å². The molecule has 1 N–H and O–H groups in total. The normalized spacial score (nSPS) is 21.4. The second kappa shape index (κ2) is 6.30. The lowest BCUT2D eigenvalue weighted by atomic mass is 9.81. The quantitative estimate of drug-likeness (QED) is 0.803. The summed E-state index contributed by atoms with van der Waals surface area (Å²) in [5.74, 6) is 3.47. The zero-order chi connectivity index (χ0) is 12.2. The topological polar surface area (TPSA) is 12.0 Å². The summed E-state index contributed by atoms with van der Waals surface area (Å²) in [7, 11) is 0. The Hall–Kier alpha value is 0.310. The van der Waals surface area contributed by atoms with Crippen molar-refractivity contribution >= 4 is 11.8 Å². The smallest absolute Gasteiger partial charge is 0.0121 e. The Morgan fingerprint density at radius 3 is 2.19 bits per heavy atom. The van der Waals surface area contributed by atoms with E-state index >= 15 is 0 Å². The van der Waals surface area contributed by atoms with Crippen molar-refractivity contribution in [2.24, 2.45) is 11.3 Å². The maximum absolute atomic E-state index is 3.91. The molecule has 1 atom stereocenters. The number of nitrogens with one attached hydrogen (secondary N) is 1. The number of rotatable bonds is 4. The van der Waals surface area contributed by atoms with E-state index in [1.54, 1.807) is 0 Å². The van der Waals surface area contributed by atoms with Gasteiger partial charge in [-0.25, -0.2) is 0 Å². The van der Waals surface area contributed by atoms with E-state index in [2.05, 4.69) is 51.7 Å². The summed E-state index contributed by atoms with van der Waals surface area (Å²) in [6, 6.07) is 1.44. The minimum atomic E-state index is 0.384. The van der Waals surface area contributed by atoms with E-state index in [9.17, 15) is 0 Å². The molecule has 16 heavy (non-hydrogen) atoms. The van der Waals surface area contributed by atoms with Crippen molar-refractivity contribution < 1.29 is 0 Å². The summed E-state index contributed by atoms with van der Waals surface area (Å²) in [6.07, 6.45) is 4.01. The van der Waals surface area contributed by atoms with E-state index in [1.807, 2.05) is 0 Å². The van der Waals surface area contributed by atoms with Crippen molar-refractivity contribution in [3.63, 3.8) is 0 Å². The van der Waals surface area contributed by atoms with Crippen LogP contribution < -0.4 is 5.32 Å². The molecule has 1 aliphatic heterocycles. The van der Waals surface area contributed by atoms with Gasteiger partial charge in [-0.1, -0.05) is 34.6 Å². The van der Waals surface area contributed by atoms with Crippen LogP contribution in [0.2, 0.25) is 0 Å². The first-order valence-corrected chi connectivity index (χ1v) is 7.89. The van der Waals surface area contributed by atoms with Crippen molar-refractivity contribution in [2.45, 2.75) is 66.0 Å². The highest BCUT2D eigenvalue weighted by molar-refractivity contribution is 7.99. The Morgan fingerprint density at radius 1 is 1.19 bits per heavy atom. The third-order valence-corrected chi connectivity index (χ3v) is 4.46. The molecule has 1 nitrogen and oxygen atoms in total. The molecule has 0 amide bonds. The van der Waals surface area contributed by atoms with Gasteiger partial charge in [0.25, 0.3) is 0 Å². The lowest BCUT2D eigenvalue weighted by molar-refractivity contribution is 0.210. The lowest BCUT2D eigenvalue weighted by Crippen LogP contribution is -2.47. The molecule has 0 bridgehead atoms. The van der Waals surface area contributed by atoms with E-state index in [0.29, 0.717) is 11.5 Å². The zero-order valence-corrected chi connectivity index (χ0v) is 12.5. The molecular weight excluding hydrogens is 214 g/mol. The van der Waals surface area contributed by atoms with Gasteiger partial charge in [-0.2, -0.15) is 11.8 Å². The van der Waals surface area contributed by atoms with Crippen LogP contribution in [0.25, 0.3) is 0 Å². The van der Waals surface area contributed by atoms with Gasteiger partial charge >= 0.3 is 0 Å². The third-order valence-electron chi connectivity index (χ3n) is 3.41. The highest BCUT2D eigenvalue weighted by Crippen LogP contribution is 2.27. The van der Waals surface area contributed by atoms with Gasteiger partial charge in [0.1, 0.15) is 0 Å². The molecule has 1 fully saturated rings. The van der Waals surface area contributed by atoms with Gasteiger partial charge < -0.3 is 5.32 Å². The summed E-state index contributed by atoms with van der Waals surface area (Å²) in [5.41, 5.74) is 0.384. The van der Waals surface area contributed by atoms with Crippen LogP contribution in [0.4, 0.5) is 0 Å². The van der Waals surface area contributed by atoms with Crippen LogP contribution in [0.3, 0.4) is 0 Å². The summed E-state index contributed by atoms with van der Waals surface area (Å²) in [6.45, 7) is 11.8. The molecule has 1 unspecified atom stereocenters. The van der Waals surface area contributed by atoms with Gasteiger partial charge in [-0.05, 0) is 42.1 Å². The van der Waals surface area contributed by atoms with Crippen LogP contribution >= 0.6 is 11.8 Å². The van der Waals surface area contributed by atoms with Crippen LogP contribution in [-0.2, 0) is 0 Å². The number of thioether (sulfide) groups is 1. The van der Waals surface area contributed by atoms with Gasteiger partial charge in [0.15, 0.2) is 0 Å². The molecular formula is C14H29NS. The molecule has 2 heteroatoms. The Bertz CT molecular complexity index is 189. The molecule has 0 saturated carbocycles. The number of hydrogen-bond donors (Lipinski definition) is 1. The molecule has 1 saturated heterocycles. The molecule has 0 aromatic carbocycles. The van der Waals surface area contributed by atoms with Crippen LogP contribution in [-0.4, -0.2) is 23.6 Å². The van der Waals surface area contributed by atoms with Crippen LogP contribution in [0, 0.1) is 11.3 Å². The Morgan fingerprint density at radius 2 is 1.75 bits per heavy atom. The Kier molecular flexibility index (Phi) is 5.66. The largest absolute Gasteiger partial charge is 0.311 e. The standard InChI is InChI=1S/C14H29NS/c1-11(2)10-13(14(3,4)5)15-12-6-8-16-9-7-12/h11-13,15H,6-10H2,1-5H3. The monoisotopic (exact) mass is 243 g/mol. The van der Waals surface area contributed by atoms with Gasteiger partial charge in [0.2, 0.25) is 0 Å². The van der Waals surface area contributed by atoms with Gasteiger partial charge in [0.05, 0.1) is 0 Å². The highest BCUT2D eigenvalue weighted by Gasteiger charge is 2.27. The lowest BCUT2D eigenvalue weighted by Gasteiger charge is -2.37. The van der Waals surface area contributed by atoms with E-state index in [-0.39, 0.29) is 0 Å². The van der Waals surface area contributed by atoms with E-state index < -0.39 is 0 Å². The molecule has 0 spiro atoms. The maximum atomic E-state index is 3.91. The van der Waals surface area contributed by atoms with Gasteiger partial charge in [0, 0.05) is 12.1 Å². The molecule has 1 rings (SSSR count). The average molecular weight is 243 g/mol. The molecule has 0 aliphatic carbocycles. The summed E-state index contributed by atoms with van der Waals surface area (Å²) in [4.78, 5) is 0. The van der Waals surface area contributed by atoms with E-state index in [4.69, 9.17) is 0 Å². The average Bonchev–Trinajstić information content (AvgIpc) is 2.16. The summed E-state index contributed by atoms with van der Waals surface area (Å²) >= 11 is 2.11. The van der Waals surface area contributed by atoms with Crippen LogP contribution in [0.5, 0.6) is 0 Å². The van der Waals surface area contributed by atoms with Crippen molar-refractivity contribution in [3.8, 4) is 0 Å². The molecule has 1 heterocycles. The van der Waals surface area contributed by atoms with Crippen LogP contribution in [0.1, 0.15) is 53.9 Å². The summed E-state index contributed by atoms with van der Waals surface area (Å²) < 4.78 is 0. The zero-order valence-electron chi connectivity index (χ0n) is 11.7. The fourth-order valence-electron chi connectivity index (χ4n) is 2.29. The first-order chi connectivity index (χ1) is 7.39. The second-order valence-corrected chi connectivity index (χ2v) is 7.83. The van der Waals surface area contributed by atoms with Gasteiger partial charge in [-0.3, -0.25) is 0 Å². The predicted molar refractivity (Wildman–Crippen MR) is 76.2 cm³/mol. The van der Waals surface area contributed by atoms with E-state index in [0.717, 1.165) is 12.0 Å². The fraction of sp³-hybridized carbons (Fsp3) is 1.00. The van der Waals surface area contributed by atoms with Crippen molar-refractivity contribution in [2.75, 3.05) is 11.5 Å². The molecule has 96 valence electrons. The Labute approximate surface area is 106 Å². The minimum Gasteiger partial charge on any atom is -0.311 e. The first-order valence-electron chi connectivity index (χ1n) is 6.73. The molecule has 1 aliphatic rings. The van der Waals surface area contributed by atoms with Gasteiger partial charge in [-0.15, -0.1) is 0 Å². The molecule has 0 radical (unpaired) electrons. The second-order valence-electron chi connectivity index (χ2n) is 6.60. The predicted octanol–water partition coefficient (Wildman–Crippen LogP) is 3.93. The minimum absolute atomic E-state index is 0.384.